The highest BCUT2D eigenvalue weighted by Gasteiger charge is 2.27. The molecule has 0 spiro atoms. The molecule has 0 bridgehead atoms. The summed E-state index contributed by atoms with van der Waals surface area (Å²) in [6.07, 6.45) is 1.88. The first-order valence-corrected chi connectivity index (χ1v) is 9.86. The molecule has 0 aliphatic carbocycles. The quantitative estimate of drug-likeness (QED) is 0.826. The lowest BCUT2D eigenvalue weighted by atomic mass is 9.99. The summed E-state index contributed by atoms with van der Waals surface area (Å²) in [5, 5.41) is 2.57. The summed E-state index contributed by atoms with van der Waals surface area (Å²) >= 11 is 0. The van der Waals surface area contributed by atoms with Crippen molar-refractivity contribution in [1.29, 1.82) is 0 Å². The van der Waals surface area contributed by atoms with E-state index in [1.54, 1.807) is 11.8 Å². The second kappa shape index (κ2) is 7.97. The molecule has 0 saturated carbocycles. The number of nitrogens with one attached hydrogen (secondary N) is 2. The van der Waals surface area contributed by atoms with Gasteiger partial charge in [-0.2, -0.15) is 4.72 Å². The highest BCUT2D eigenvalue weighted by atomic mass is 32.2. The zero-order valence-electron chi connectivity index (χ0n) is 14.8. The lowest BCUT2D eigenvalue weighted by Gasteiger charge is -2.32. The molecule has 1 heterocycles. The van der Waals surface area contributed by atoms with Crippen LogP contribution in [0.4, 0.5) is 5.69 Å². The van der Waals surface area contributed by atoms with E-state index < -0.39 is 16.1 Å². The summed E-state index contributed by atoms with van der Waals surface area (Å²) in [5.74, 6) is 0.160. The molecule has 138 valence electrons. The molecule has 1 fully saturated rings. The Bertz CT molecular complexity index is 723. The van der Waals surface area contributed by atoms with Crippen LogP contribution in [0.15, 0.2) is 29.2 Å². The van der Waals surface area contributed by atoms with Gasteiger partial charge in [0, 0.05) is 25.7 Å². The average Bonchev–Trinajstić information content (AvgIpc) is 2.54. The zero-order valence-corrected chi connectivity index (χ0v) is 15.6. The normalized spacial score (nSPS) is 17.2. The molecule has 0 unspecified atom stereocenters. The van der Waals surface area contributed by atoms with Gasteiger partial charge >= 0.3 is 0 Å². The monoisotopic (exact) mass is 367 g/mol. The maximum atomic E-state index is 12.4. The number of nitrogens with zero attached hydrogens (tertiary/aromatic N) is 1. The number of carbonyl (C=O) groups is 2. The van der Waals surface area contributed by atoms with E-state index >= 15 is 0 Å². The van der Waals surface area contributed by atoms with Crippen molar-refractivity contribution >= 4 is 27.5 Å². The number of benzene rings is 1. The molecule has 1 aliphatic heterocycles. The number of likely N-dealkylation sites (tertiary alicyclic amines) is 1. The lowest BCUT2D eigenvalue weighted by molar-refractivity contribution is -0.133. The van der Waals surface area contributed by atoms with Gasteiger partial charge in [0.15, 0.2) is 0 Å². The van der Waals surface area contributed by atoms with E-state index in [1.165, 1.54) is 31.2 Å². The third-order valence-electron chi connectivity index (χ3n) is 4.28. The van der Waals surface area contributed by atoms with Crippen LogP contribution in [0.3, 0.4) is 0 Å². The topological polar surface area (TPSA) is 95.6 Å². The number of rotatable bonds is 5. The molecule has 8 heteroatoms. The van der Waals surface area contributed by atoms with Gasteiger partial charge in [0.25, 0.3) is 0 Å². The largest absolute Gasteiger partial charge is 0.341 e. The number of hydrogen-bond donors (Lipinski definition) is 2. The molecule has 1 aromatic carbocycles. The molecule has 0 aromatic heterocycles. The van der Waals surface area contributed by atoms with Gasteiger partial charge in [0.05, 0.1) is 10.9 Å². The van der Waals surface area contributed by atoms with Gasteiger partial charge in [-0.05, 0) is 49.9 Å². The van der Waals surface area contributed by atoms with E-state index in [9.17, 15) is 18.0 Å². The van der Waals surface area contributed by atoms with E-state index in [2.05, 4.69) is 17.0 Å². The van der Waals surface area contributed by atoms with Crippen LogP contribution in [0.1, 0.15) is 33.6 Å². The molecule has 0 radical (unpaired) electrons. The molecular weight excluding hydrogens is 342 g/mol. The summed E-state index contributed by atoms with van der Waals surface area (Å²) < 4.78 is 27.3. The Labute approximate surface area is 148 Å². The van der Waals surface area contributed by atoms with Gasteiger partial charge in [0.1, 0.15) is 0 Å². The summed E-state index contributed by atoms with van der Waals surface area (Å²) in [6.45, 7) is 6.41. The minimum Gasteiger partial charge on any atom is -0.341 e. The van der Waals surface area contributed by atoms with Crippen LogP contribution in [0.5, 0.6) is 0 Å². The van der Waals surface area contributed by atoms with Crippen LogP contribution in [0, 0.1) is 5.92 Å². The van der Waals surface area contributed by atoms with Crippen LogP contribution < -0.4 is 10.0 Å². The van der Waals surface area contributed by atoms with E-state index in [1.807, 2.05) is 0 Å². The zero-order chi connectivity index (χ0) is 18.6. The van der Waals surface area contributed by atoms with Crippen molar-refractivity contribution in [3.05, 3.63) is 24.3 Å². The fourth-order valence-corrected chi connectivity index (χ4v) is 3.97. The van der Waals surface area contributed by atoms with Crippen LogP contribution in [-0.4, -0.2) is 44.3 Å². The molecule has 2 amide bonds. The molecule has 7 nitrogen and oxygen atoms in total. The first-order chi connectivity index (χ1) is 11.7. The Kier molecular flexibility index (Phi) is 6.18. The Morgan fingerprint density at radius 3 is 2.24 bits per heavy atom. The van der Waals surface area contributed by atoms with Crippen molar-refractivity contribution in [2.45, 2.75) is 44.6 Å². The van der Waals surface area contributed by atoms with E-state index in [4.69, 9.17) is 0 Å². The van der Waals surface area contributed by atoms with E-state index in [0.29, 0.717) is 24.7 Å². The predicted octanol–water partition coefficient (Wildman–Crippen LogP) is 1.57. The van der Waals surface area contributed by atoms with E-state index in [-0.39, 0.29) is 16.7 Å². The van der Waals surface area contributed by atoms with Crippen LogP contribution in [0.2, 0.25) is 0 Å². The molecule has 1 aromatic rings. The summed E-state index contributed by atoms with van der Waals surface area (Å²) in [4.78, 5) is 25.2. The smallest absolute Gasteiger partial charge is 0.241 e. The van der Waals surface area contributed by atoms with Crippen molar-refractivity contribution in [2.24, 2.45) is 5.92 Å². The molecule has 2 N–H and O–H groups in total. The molecule has 1 saturated heterocycles. The lowest BCUT2D eigenvalue weighted by Crippen LogP contribution is -2.49. The maximum absolute atomic E-state index is 12.4. The number of anilines is 1. The third-order valence-corrected chi connectivity index (χ3v) is 5.84. The van der Waals surface area contributed by atoms with Crippen LogP contribution in [0.25, 0.3) is 0 Å². The fourth-order valence-electron chi connectivity index (χ4n) is 2.77. The summed E-state index contributed by atoms with van der Waals surface area (Å²) in [6, 6.07) is 4.98. The number of sulfonamides is 1. The Morgan fingerprint density at radius 1 is 1.16 bits per heavy atom. The minimum absolute atomic E-state index is 0.0496. The van der Waals surface area contributed by atoms with Gasteiger partial charge in [-0.3, -0.25) is 9.59 Å². The number of amides is 2. The first-order valence-electron chi connectivity index (χ1n) is 8.38. The number of hydrogen-bond acceptors (Lipinski definition) is 4. The Morgan fingerprint density at radius 2 is 1.72 bits per heavy atom. The van der Waals surface area contributed by atoms with Crippen molar-refractivity contribution in [3.63, 3.8) is 0 Å². The van der Waals surface area contributed by atoms with Crippen molar-refractivity contribution in [3.8, 4) is 0 Å². The van der Waals surface area contributed by atoms with E-state index in [0.717, 1.165) is 12.8 Å². The van der Waals surface area contributed by atoms with Gasteiger partial charge in [0.2, 0.25) is 21.8 Å². The Hall–Kier alpha value is -1.93. The standard InChI is InChI=1S/C17H25N3O4S/c1-12-8-10-20(11-9-12)17(22)13(2)19-25(23,24)16-6-4-15(5-7-16)18-14(3)21/h4-7,12-13,19H,8-11H2,1-3H3,(H,18,21)/t13-/m0/s1. The highest BCUT2D eigenvalue weighted by Crippen LogP contribution is 2.18. The highest BCUT2D eigenvalue weighted by molar-refractivity contribution is 7.89. The minimum atomic E-state index is -3.81. The van der Waals surface area contributed by atoms with Crippen LogP contribution >= 0.6 is 0 Å². The van der Waals surface area contributed by atoms with Crippen molar-refractivity contribution < 1.29 is 18.0 Å². The Balaban J connectivity index is 2.02. The molecule has 1 aliphatic rings. The number of carbonyl (C=O) groups excluding carboxylic acids is 2. The number of piperidine rings is 1. The molecular formula is C17H25N3O4S. The van der Waals surface area contributed by atoms with Crippen LogP contribution in [-0.2, 0) is 19.6 Å². The van der Waals surface area contributed by atoms with Gasteiger partial charge in [-0.15, -0.1) is 0 Å². The fraction of sp³-hybridized carbons (Fsp3) is 0.529. The predicted molar refractivity (Wildman–Crippen MR) is 95.5 cm³/mol. The second-order valence-electron chi connectivity index (χ2n) is 6.56. The third kappa shape index (κ3) is 5.27. The van der Waals surface area contributed by atoms with Gasteiger partial charge in [-0.1, -0.05) is 6.92 Å². The van der Waals surface area contributed by atoms with Crippen molar-refractivity contribution in [1.82, 2.24) is 9.62 Å². The molecule has 2 rings (SSSR count). The maximum Gasteiger partial charge on any atom is 0.241 e. The van der Waals surface area contributed by atoms with Crippen molar-refractivity contribution in [2.75, 3.05) is 18.4 Å². The summed E-state index contributed by atoms with van der Waals surface area (Å²) in [5.41, 5.74) is 0.512. The van der Waals surface area contributed by atoms with Gasteiger partial charge in [-0.25, -0.2) is 8.42 Å². The first kappa shape index (κ1) is 19.4. The summed E-state index contributed by atoms with van der Waals surface area (Å²) in [7, 11) is -3.81. The average molecular weight is 367 g/mol. The molecule has 25 heavy (non-hydrogen) atoms. The molecule has 1 atom stereocenters. The second-order valence-corrected chi connectivity index (χ2v) is 8.27. The SMILES string of the molecule is CC(=O)Nc1ccc(S(=O)(=O)N[C@@H](C)C(=O)N2CCC(C)CC2)cc1. The van der Waals surface area contributed by atoms with Gasteiger partial charge < -0.3 is 10.2 Å².